The average molecular weight is 385 g/mol. The molecule has 1 atom stereocenters. The van der Waals surface area contributed by atoms with Gasteiger partial charge in [0.1, 0.15) is 0 Å². The van der Waals surface area contributed by atoms with Gasteiger partial charge >= 0.3 is 0 Å². The molecule has 0 unspecified atom stereocenters. The van der Waals surface area contributed by atoms with Gasteiger partial charge in [0.15, 0.2) is 0 Å². The van der Waals surface area contributed by atoms with Crippen LogP contribution in [-0.4, -0.2) is 30.6 Å². The van der Waals surface area contributed by atoms with Crippen LogP contribution in [0.3, 0.4) is 0 Å². The highest BCUT2D eigenvalue weighted by Crippen LogP contribution is 2.24. The lowest BCUT2D eigenvalue weighted by atomic mass is 10.1. The molecule has 0 aliphatic carbocycles. The molecule has 2 rings (SSSR count). The minimum atomic E-state index is 0. The van der Waals surface area contributed by atoms with Gasteiger partial charge in [0.05, 0.1) is 0 Å². The van der Waals surface area contributed by atoms with E-state index in [2.05, 4.69) is 67.2 Å². The Balaban J connectivity index is 0.00000144. The third-order valence-electron chi connectivity index (χ3n) is 2.84. The Morgan fingerprint density at radius 2 is 2.12 bits per heavy atom. The third-order valence-corrected chi connectivity index (χ3v) is 4.72. The summed E-state index contributed by atoms with van der Waals surface area (Å²) in [5.41, 5.74) is 1.36. The summed E-state index contributed by atoms with van der Waals surface area (Å²) in [6.07, 6.45) is 0. The second-order valence-electron chi connectivity index (χ2n) is 4.34. The van der Waals surface area contributed by atoms with Gasteiger partial charge in [0.25, 0.3) is 0 Å². The van der Waals surface area contributed by atoms with Gasteiger partial charge in [0.2, 0.25) is 0 Å². The molecule has 2 nitrogen and oxygen atoms in total. The van der Waals surface area contributed by atoms with Gasteiger partial charge in [-0.3, -0.25) is 4.90 Å². The Morgan fingerprint density at radius 3 is 2.76 bits per heavy atom. The summed E-state index contributed by atoms with van der Waals surface area (Å²) >= 11 is 7.04. The zero-order valence-corrected chi connectivity index (χ0v) is 13.7. The average Bonchev–Trinajstić information content (AvgIpc) is 2.24. The maximum atomic E-state index is 3.54. The molecule has 17 heavy (non-hydrogen) atoms. The van der Waals surface area contributed by atoms with Crippen molar-refractivity contribution in [1.29, 1.82) is 0 Å². The summed E-state index contributed by atoms with van der Waals surface area (Å²) in [4.78, 5) is 2.50. The molecule has 0 bridgehead atoms. The van der Waals surface area contributed by atoms with Gasteiger partial charge in [-0.15, -0.1) is 12.4 Å². The first kappa shape index (κ1) is 15.4. The number of hydrogen-bond donors (Lipinski definition) is 1. The first-order valence-corrected chi connectivity index (χ1v) is 7.13. The van der Waals surface area contributed by atoms with Crippen molar-refractivity contribution in [3.8, 4) is 0 Å². The zero-order chi connectivity index (χ0) is 11.5. The van der Waals surface area contributed by atoms with Crippen molar-refractivity contribution in [3.63, 3.8) is 0 Å². The van der Waals surface area contributed by atoms with E-state index >= 15 is 0 Å². The smallest absolute Gasteiger partial charge is 0.0320 e. The molecule has 1 aliphatic rings. The van der Waals surface area contributed by atoms with E-state index in [1.54, 1.807) is 0 Å². The highest BCUT2D eigenvalue weighted by atomic mass is 79.9. The minimum Gasteiger partial charge on any atom is -0.312 e. The fourth-order valence-electron chi connectivity index (χ4n) is 2.05. The lowest BCUT2D eigenvalue weighted by Gasteiger charge is -2.31. The Hall–Kier alpha value is 0.390. The number of hydrogen-bond acceptors (Lipinski definition) is 2. The van der Waals surface area contributed by atoms with Crippen LogP contribution in [0.15, 0.2) is 27.1 Å². The van der Waals surface area contributed by atoms with Crippen LogP contribution in [0.5, 0.6) is 0 Å². The van der Waals surface area contributed by atoms with E-state index in [4.69, 9.17) is 0 Å². The molecule has 1 fully saturated rings. The van der Waals surface area contributed by atoms with Crippen molar-refractivity contribution in [3.05, 3.63) is 32.7 Å². The zero-order valence-electron chi connectivity index (χ0n) is 9.75. The molecule has 96 valence electrons. The first-order valence-electron chi connectivity index (χ1n) is 5.55. The fraction of sp³-hybridized carbons (Fsp3) is 0.500. The summed E-state index contributed by atoms with van der Waals surface area (Å²) < 4.78 is 2.25. The number of nitrogens with one attached hydrogen (secondary N) is 1. The Morgan fingerprint density at radius 1 is 1.35 bits per heavy atom. The normalized spacial score (nSPS) is 21.0. The molecule has 1 saturated heterocycles. The Labute approximate surface area is 126 Å². The monoisotopic (exact) mass is 382 g/mol. The second-order valence-corrected chi connectivity index (χ2v) is 6.05. The summed E-state index contributed by atoms with van der Waals surface area (Å²) in [5, 5.41) is 3.46. The maximum Gasteiger partial charge on any atom is 0.0320 e. The van der Waals surface area contributed by atoms with Crippen molar-refractivity contribution in [1.82, 2.24) is 10.2 Å². The van der Waals surface area contributed by atoms with E-state index in [0.717, 1.165) is 35.1 Å². The molecule has 0 spiro atoms. The standard InChI is InChI=1S/C12H16Br2N2.ClH/c1-9-7-16(5-4-15-9)8-10-2-3-11(13)12(14)6-10;/h2-3,6,9,15H,4-5,7-8H2,1H3;1H/t9-;/m1./s1. The van der Waals surface area contributed by atoms with Gasteiger partial charge in [-0.05, 0) is 56.5 Å². The van der Waals surface area contributed by atoms with Crippen LogP contribution < -0.4 is 5.32 Å². The molecular formula is C12H17Br2ClN2. The van der Waals surface area contributed by atoms with Gasteiger partial charge in [0, 0.05) is 41.2 Å². The van der Waals surface area contributed by atoms with E-state index in [-0.39, 0.29) is 12.4 Å². The van der Waals surface area contributed by atoms with Crippen molar-refractivity contribution in [2.24, 2.45) is 0 Å². The van der Waals surface area contributed by atoms with Crippen LogP contribution in [0.1, 0.15) is 12.5 Å². The van der Waals surface area contributed by atoms with Crippen molar-refractivity contribution in [2.75, 3.05) is 19.6 Å². The molecular weight excluding hydrogens is 367 g/mol. The maximum absolute atomic E-state index is 3.54. The second kappa shape index (κ2) is 7.10. The molecule has 0 amide bonds. The number of benzene rings is 1. The molecule has 0 saturated carbocycles. The first-order chi connectivity index (χ1) is 7.65. The fourth-order valence-corrected chi connectivity index (χ4v) is 2.72. The molecule has 1 N–H and O–H groups in total. The van der Waals surface area contributed by atoms with Crippen LogP contribution in [-0.2, 0) is 6.54 Å². The van der Waals surface area contributed by atoms with Crippen LogP contribution in [0.4, 0.5) is 0 Å². The van der Waals surface area contributed by atoms with Gasteiger partial charge in [-0.2, -0.15) is 0 Å². The quantitative estimate of drug-likeness (QED) is 0.840. The van der Waals surface area contributed by atoms with Crippen LogP contribution >= 0.6 is 44.3 Å². The van der Waals surface area contributed by atoms with Gasteiger partial charge in [-0.25, -0.2) is 0 Å². The number of rotatable bonds is 2. The molecule has 1 aliphatic heterocycles. The van der Waals surface area contributed by atoms with Crippen LogP contribution in [0, 0.1) is 0 Å². The highest BCUT2D eigenvalue weighted by molar-refractivity contribution is 9.13. The van der Waals surface area contributed by atoms with Crippen LogP contribution in [0.2, 0.25) is 0 Å². The van der Waals surface area contributed by atoms with Crippen molar-refractivity contribution in [2.45, 2.75) is 19.5 Å². The summed E-state index contributed by atoms with van der Waals surface area (Å²) in [6.45, 7) is 6.64. The molecule has 1 aromatic rings. The minimum absolute atomic E-state index is 0. The van der Waals surface area contributed by atoms with Crippen molar-refractivity contribution < 1.29 is 0 Å². The largest absolute Gasteiger partial charge is 0.312 e. The van der Waals surface area contributed by atoms with E-state index in [9.17, 15) is 0 Å². The summed E-state index contributed by atoms with van der Waals surface area (Å²) in [7, 11) is 0. The third kappa shape index (κ3) is 4.52. The SMILES string of the molecule is C[C@@H]1CN(Cc2ccc(Br)c(Br)c2)CCN1.Cl. The predicted octanol–water partition coefficient (Wildman–Crippen LogP) is 3.43. The predicted molar refractivity (Wildman–Crippen MR) is 81.8 cm³/mol. The van der Waals surface area contributed by atoms with Gasteiger partial charge in [-0.1, -0.05) is 6.07 Å². The Kier molecular flexibility index (Phi) is 6.45. The Bertz CT molecular complexity index is 374. The summed E-state index contributed by atoms with van der Waals surface area (Å²) in [6, 6.07) is 7.08. The topological polar surface area (TPSA) is 15.3 Å². The van der Waals surface area contributed by atoms with E-state index in [1.165, 1.54) is 5.56 Å². The molecule has 0 aromatic heterocycles. The summed E-state index contributed by atoms with van der Waals surface area (Å²) in [5.74, 6) is 0. The van der Waals surface area contributed by atoms with Gasteiger partial charge < -0.3 is 5.32 Å². The lowest BCUT2D eigenvalue weighted by Crippen LogP contribution is -2.48. The van der Waals surface area contributed by atoms with E-state index in [1.807, 2.05) is 0 Å². The van der Waals surface area contributed by atoms with Crippen molar-refractivity contribution >= 4 is 44.3 Å². The molecule has 5 heteroatoms. The molecule has 1 aromatic carbocycles. The van der Waals surface area contributed by atoms with E-state index in [0.29, 0.717) is 6.04 Å². The number of halogens is 3. The van der Waals surface area contributed by atoms with Crippen LogP contribution in [0.25, 0.3) is 0 Å². The molecule has 1 heterocycles. The molecule has 0 radical (unpaired) electrons. The highest BCUT2D eigenvalue weighted by Gasteiger charge is 2.15. The number of piperazine rings is 1. The van der Waals surface area contributed by atoms with E-state index < -0.39 is 0 Å². The lowest BCUT2D eigenvalue weighted by molar-refractivity contribution is 0.199. The number of nitrogens with zero attached hydrogens (tertiary/aromatic N) is 1.